The highest BCUT2D eigenvalue weighted by atomic mass is 32.2. The molecule has 2 rings (SSSR count). The van der Waals surface area contributed by atoms with Crippen LogP contribution in [0.1, 0.15) is 38.2 Å². The molecule has 2 unspecified atom stereocenters. The molecule has 5 heteroatoms. The van der Waals surface area contributed by atoms with E-state index in [0.717, 1.165) is 16.6 Å². The van der Waals surface area contributed by atoms with E-state index >= 15 is 0 Å². The average Bonchev–Trinajstić information content (AvgIpc) is 2.92. The van der Waals surface area contributed by atoms with Crippen LogP contribution in [0.15, 0.2) is 34.7 Å². The van der Waals surface area contributed by atoms with Gasteiger partial charge in [-0.1, -0.05) is 62.9 Å². The first kappa shape index (κ1) is 15.5. The highest BCUT2D eigenvalue weighted by molar-refractivity contribution is 8.01. The fourth-order valence-corrected chi connectivity index (χ4v) is 4.12. The summed E-state index contributed by atoms with van der Waals surface area (Å²) in [5.41, 5.74) is 7.64. The maximum absolute atomic E-state index is 6.46. The molecule has 0 aliphatic carbocycles. The number of hydrogen-bond acceptors (Lipinski definition) is 5. The van der Waals surface area contributed by atoms with Crippen LogP contribution in [-0.4, -0.2) is 14.6 Å². The van der Waals surface area contributed by atoms with Crippen LogP contribution in [0.25, 0.3) is 0 Å². The Morgan fingerprint density at radius 2 is 1.95 bits per heavy atom. The zero-order valence-electron chi connectivity index (χ0n) is 12.1. The molecule has 20 heavy (non-hydrogen) atoms. The SMILES string of the molecule is CCc1nsc(SC(C(C)C)C(N)c2ccccc2)n1. The van der Waals surface area contributed by atoms with Gasteiger partial charge in [0.25, 0.3) is 0 Å². The minimum Gasteiger partial charge on any atom is -0.323 e. The second-order valence-corrected chi connectivity index (χ2v) is 7.27. The monoisotopic (exact) mass is 307 g/mol. The molecule has 2 aromatic rings. The topological polar surface area (TPSA) is 51.8 Å². The normalized spacial score (nSPS) is 14.4. The summed E-state index contributed by atoms with van der Waals surface area (Å²) in [6.45, 7) is 6.50. The van der Waals surface area contributed by atoms with E-state index in [1.807, 2.05) is 18.2 Å². The summed E-state index contributed by atoms with van der Waals surface area (Å²) in [5, 5.41) is 0.301. The zero-order chi connectivity index (χ0) is 14.5. The van der Waals surface area contributed by atoms with Crippen LogP contribution < -0.4 is 5.73 Å². The third kappa shape index (κ3) is 3.81. The highest BCUT2D eigenvalue weighted by Crippen LogP contribution is 2.36. The third-order valence-corrected chi connectivity index (χ3v) is 5.66. The van der Waals surface area contributed by atoms with Crippen LogP contribution in [0.5, 0.6) is 0 Å². The fourth-order valence-electron chi connectivity index (χ4n) is 2.03. The first-order chi connectivity index (χ1) is 9.61. The van der Waals surface area contributed by atoms with Crippen molar-refractivity contribution in [3.8, 4) is 0 Å². The van der Waals surface area contributed by atoms with E-state index in [0.29, 0.717) is 11.2 Å². The number of thioether (sulfide) groups is 1. The van der Waals surface area contributed by atoms with Crippen molar-refractivity contribution in [2.75, 3.05) is 0 Å². The Hall–Kier alpha value is -0.910. The number of benzene rings is 1. The highest BCUT2D eigenvalue weighted by Gasteiger charge is 2.25. The van der Waals surface area contributed by atoms with Crippen molar-refractivity contribution >= 4 is 23.3 Å². The second kappa shape index (κ2) is 7.20. The van der Waals surface area contributed by atoms with E-state index in [2.05, 4.69) is 42.3 Å². The molecule has 0 aliphatic rings. The molecular formula is C15H21N3S2. The van der Waals surface area contributed by atoms with Crippen LogP contribution in [0.3, 0.4) is 0 Å². The number of hydrogen-bond donors (Lipinski definition) is 1. The van der Waals surface area contributed by atoms with Crippen LogP contribution in [0, 0.1) is 5.92 Å². The molecule has 0 saturated carbocycles. The molecule has 3 nitrogen and oxygen atoms in total. The largest absolute Gasteiger partial charge is 0.323 e. The summed E-state index contributed by atoms with van der Waals surface area (Å²) in [7, 11) is 0. The minimum atomic E-state index is 0.00942. The maximum Gasteiger partial charge on any atom is 0.170 e. The Morgan fingerprint density at radius 3 is 2.50 bits per heavy atom. The van der Waals surface area contributed by atoms with Gasteiger partial charge in [0.2, 0.25) is 0 Å². The van der Waals surface area contributed by atoms with Gasteiger partial charge in [0.15, 0.2) is 4.34 Å². The maximum atomic E-state index is 6.46. The summed E-state index contributed by atoms with van der Waals surface area (Å²) < 4.78 is 5.37. The quantitative estimate of drug-likeness (QED) is 0.822. The van der Waals surface area contributed by atoms with Crippen molar-refractivity contribution < 1.29 is 0 Å². The van der Waals surface area contributed by atoms with Crippen molar-refractivity contribution in [1.29, 1.82) is 0 Å². The Balaban J connectivity index is 2.14. The van der Waals surface area contributed by atoms with Crippen LogP contribution in [0.2, 0.25) is 0 Å². The minimum absolute atomic E-state index is 0.00942. The number of nitrogens with two attached hydrogens (primary N) is 1. The summed E-state index contributed by atoms with van der Waals surface area (Å²) in [5.74, 6) is 1.40. The summed E-state index contributed by atoms with van der Waals surface area (Å²) in [4.78, 5) is 4.54. The Bertz CT molecular complexity index is 525. The molecule has 1 heterocycles. The van der Waals surface area contributed by atoms with Crippen molar-refractivity contribution in [2.24, 2.45) is 11.7 Å². The predicted octanol–water partition coefficient (Wildman–Crippen LogP) is 3.92. The molecule has 0 saturated heterocycles. The molecule has 0 bridgehead atoms. The third-order valence-electron chi connectivity index (χ3n) is 3.20. The smallest absolute Gasteiger partial charge is 0.170 e. The molecule has 0 fully saturated rings. The summed E-state index contributed by atoms with van der Waals surface area (Å²) >= 11 is 3.23. The summed E-state index contributed by atoms with van der Waals surface area (Å²) in [6, 6.07) is 10.3. The van der Waals surface area contributed by atoms with Gasteiger partial charge in [-0.05, 0) is 23.0 Å². The van der Waals surface area contributed by atoms with E-state index in [4.69, 9.17) is 5.73 Å². The van der Waals surface area contributed by atoms with E-state index in [1.54, 1.807) is 11.8 Å². The molecule has 2 atom stereocenters. The average molecular weight is 307 g/mol. The Labute approximate surface area is 129 Å². The van der Waals surface area contributed by atoms with Gasteiger partial charge in [-0.15, -0.1) is 0 Å². The molecule has 0 spiro atoms. The Kier molecular flexibility index (Phi) is 5.57. The van der Waals surface area contributed by atoms with Gasteiger partial charge in [0.05, 0.1) is 0 Å². The van der Waals surface area contributed by atoms with Gasteiger partial charge in [0, 0.05) is 17.7 Å². The van der Waals surface area contributed by atoms with Crippen molar-refractivity contribution in [2.45, 2.75) is 42.8 Å². The van der Waals surface area contributed by atoms with Gasteiger partial charge >= 0.3 is 0 Å². The van der Waals surface area contributed by atoms with Crippen molar-refractivity contribution in [1.82, 2.24) is 9.36 Å². The molecule has 1 aromatic heterocycles. The zero-order valence-corrected chi connectivity index (χ0v) is 13.7. The first-order valence-electron chi connectivity index (χ1n) is 6.91. The molecule has 0 radical (unpaired) electrons. The van der Waals surface area contributed by atoms with Gasteiger partial charge < -0.3 is 5.73 Å². The molecule has 0 amide bonds. The van der Waals surface area contributed by atoms with Gasteiger partial charge in [-0.25, -0.2) is 4.98 Å². The molecular weight excluding hydrogens is 286 g/mol. The lowest BCUT2D eigenvalue weighted by Crippen LogP contribution is -2.28. The number of aryl methyl sites for hydroxylation is 1. The van der Waals surface area contributed by atoms with E-state index in [9.17, 15) is 0 Å². The lowest BCUT2D eigenvalue weighted by atomic mass is 9.97. The molecule has 2 N–H and O–H groups in total. The standard InChI is InChI=1S/C15H21N3S2/c1-4-12-17-15(20-18-12)19-14(10(2)3)13(16)11-8-6-5-7-9-11/h5-10,13-14H,4,16H2,1-3H3. The lowest BCUT2D eigenvalue weighted by Gasteiger charge is -2.26. The summed E-state index contributed by atoms with van der Waals surface area (Å²) in [6.07, 6.45) is 0.883. The van der Waals surface area contributed by atoms with Gasteiger partial charge in [-0.3, -0.25) is 0 Å². The second-order valence-electron chi connectivity index (χ2n) is 5.09. The van der Waals surface area contributed by atoms with E-state index < -0.39 is 0 Å². The molecule has 108 valence electrons. The number of rotatable bonds is 6. The lowest BCUT2D eigenvalue weighted by molar-refractivity contribution is 0.527. The Morgan fingerprint density at radius 1 is 1.25 bits per heavy atom. The van der Waals surface area contributed by atoms with Gasteiger partial charge in [-0.2, -0.15) is 4.37 Å². The molecule has 0 aliphatic heterocycles. The van der Waals surface area contributed by atoms with Crippen LogP contribution >= 0.6 is 23.3 Å². The van der Waals surface area contributed by atoms with Crippen molar-refractivity contribution in [3.05, 3.63) is 41.7 Å². The number of aromatic nitrogens is 2. The predicted molar refractivity (Wildman–Crippen MR) is 87.1 cm³/mol. The van der Waals surface area contributed by atoms with Gasteiger partial charge in [0.1, 0.15) is 5.82 Å². The number of nitrogens with zero attached hydrogens (tertiary/aromatic N) is 2. The fraction of sp³-hybridized carbons (Fsp3) is 0.467. The van der Waals surface area contributed by atoms with Crippen LogP contribution in [-0.2, 0) is 6.42 Å². The van der Waals surface area contributed by atoms with E-state index in [-0.39, 0.29) is 6.04 Å². The molecule has 1 aromatic carbocycles. The van der Waals surface area contributed by atoms with Crippen molar-refractivity contribution in [3.63, 3.8) is 0 Å². The first-order valence-corrected chi connectivity index (χ1v) is 8.57. The van der Waals surface area contributed by atoms with E-state index in [1.165, 1.54) is 17.1 Å². The van der Waals surface area contributed by atoms with Crippen LogP contribution in [0.4, 0.5) is 0 Å².